The van der Waals surface area contributed by atoms with Crippen molar-refractivity contribution in [2.45, 2.75) is 26.4 Å². The second kappa shape index (κ2) is 5.63. The lowest BCUT2D eigenvalue weighted by atomic mass is 10.1. The van der Waals surface area contributed by atoms with Gasteiger partial charge < -0.3 is 10.0 Å². The van der Waals surface area contributed by atoms with Crippen molar-refractivity contribution in [3.63, 3.8) is 0 Å². The van der Waals surface area contributed by atoms with Gasteiger partial charge in [-0.15, -0.1) is 0 Å². The van der Waals surface area contributed by atoms with Crippen molar-refractivity contribution >= 4 is 11.4 Å². The zero-order valence-electron chi connectivity index (χ0n) is 10.4. The van der Waals surface area contributed by atoms with Gasteiger partial charge in [0.15, 0.2) is 0 Å². The second-order valence-electron chi connectivity index (χ2n) is 4.10. The third-order valence-electron chi connectivity index (χ3n) is 2.65. The van der Waals surface area contributed by atoms with E-state index in [1.54, 1.807) is 19.1 Å². The summed E-state index contributed by atoms with van der Waals surface area (Å²) < 4.78 is 0. The van der Waals surface area contributed by atoms with Crippen LogP contribution in [0.25, 0.3) is 0 Å². The molecular formula is C12H18N2O3. The Bertz CT molecular complexity index is 405. The number of rotatable bonds is 5. The molecule has 0 saturated heterocycles. The molecule has 1 aromatic carbocycles. The highest BCUT2D eigenvalue weighted by Gasteiger charge is 2.18. The molecule has 5 heteroatoms. The predicted molar refractivity (Wildman–Crippen MR) is 67.3 cm³/mol. The molecule has 17 heavy (non-hydrogen) atoms. The largest absolute Gasteiger partial charge is 0.389 e. The van der Waals surface area contributed by atoms with E-state index in [1.165, 1.54) is 6.07 Å². The smallest absolute Gasteiger partial charge is 0.292 e. The molecule has 0 aromatic heterocycles. The van der Waals surface area contributed by atoms with E-state index in [-0.39, 0.29) is 5.69 Å². The number of aliphatic hydroxyl groups is 1. The van der Waals surface area contributed by atoms with Gasteiger partial charge in [-0.05, 0) is 25.0 Å². The Morgan fingerprint density at radius 1 is 1.53 bits per heavy atom. The molecule has 0 aliphatic rings. The van der Waals surface area contributed by atoms with Crippen LogP contribution < -0.4 is 4.90 Å². The molecule has 0 aliphatic carbocycles. The Hall–Kier alpha value is -1.62. The Morgan fingerprint density at radius 3 is 2.65 bits per heavy atom. The fraction of sp³-hybridized carbons (Fsp3) is 0.500. The van der Waals surface area contributed by atoms with Gasteiger partial charge in [-0.1, -0.05) is 13.0 Å². The summed E-state index contributed by atoms with van der Waals surface area (Å²) >= 11 is 0. The quantitative estimate of drug-likeness (QED) is 0.632. The first kappa shape index (κ1) is 13.4. The van der Waals surface area contributed by atoms with Gasteiger partial charge in [0.2, 0.25) is 0 Å². The standard InChI is InChI=1S/C12H18N2O3/c1-4-7-13(3)11-6-5-10(9(2)15)8-12(11)14(16)17/h5-6,8-9,15H,4,7H2,1-3H3/t9-/m0/s1. The number of anilines is 1. The number of aliphatic hydroxyl groups excluding tert-OH is 1. The van der Waals surface area contributed by atoms with Gasteiger partial charge in [0.25, 0.3) is 5.69 Å². The van der Waals surface area contributed by atoms with Gasteiger partial charge in [0.1, 0.15) is 5.69 Å². The van der Waals surface area contributed by atoms with Gasteiger partial charge in [0.05, 0.1) is 11.0 Å². The SMILES string of the molecule is CCCN(C)c1ccc([C@H](C)O)cc1[N+](=O)[O-]. The van der Waals surface area contributed by atoms with Crippen LogP contribution >= 0.6 is 0 Å². The second-order valence-corrected chi connectivity index (χ2v) is 4.10. The van der Waals surface area contributed by atoms with Crippen molar-refractivity contribution in [3.05, 3.63) is 33.9 Å². The summed E-state index contributed by atoms with van der Waals surface area (Å²) in [5, 5.41) is 20.4. The van der Waals surface area contributed by atoms with Crippen LogP contribution in [0.4, 0.5) is 11.4 Å². The molecule has 0 radical (unpaired) electrons. The highest BCUT2D eigenvalue weighted by molar-refractivity contribution is 5.64. The van der Waals surface area contributed by atoms with Gasteiger partial charge in [-0.3, -0.25) is 10.1 Å². The van der Waals surface area contributed by atoms with E-state index in [9.17, 15) is 15.2 Å². The highest BCUT2D eigenvalue weighted by atomic mass is 16.6. The van der Waals surface area contributed by atoms with Gasteiger partial charge in [-0.25, -0.2) is 0 Å². The molecule has 94 valence electrons. The molecule has 0 fully saturated rings. The van der Waals surface area contributed by atoms with Crippen molar-refractivity contribution < 1.29 is 10.0 Å². The van der Waals surface area contributed by atoms with Crippen LogP contribution in [0.1, 0.15) is 31.9 Å². The molecule has 0 amide bonds. The third kappa shape index (κ3) is 3.17. The van der Waals surface area contributed by atoms with Crippen LogP contribution in [0, 0.1) is 10.1 Å². The number of hydrogen-bond acceptors (Lipinski definition) is 4. The molecule has 0 heterocycles. The van der Waals surface area contributed by atoms with Gasteiger partial charge in [0, 0.05) is 19.7 Å². The number of nitro groups is 1. The first-order chi connectivity index (χ1) is 7.97. The molecule has 0 unspecified atom stereocenters. The molecule has 0 spiro atoms. The van der Waals surface area contributed by atoms with Crippen molar-refractivity contribution in [1.29, 1.82) is 0 Å². The third-order valence-corrected chi connectivity index (χ3v) is 2.65. The average molecular weight is 238 g/mol. The van der Waals surface area contributed by atoms with Crippen molar-refractivity contribution in [1.82, 2.24) is 0 Å². The normalized spacial score (nSPS) is 12.2. The van der Waals surface area contributed by atoms with Crippen LogP contribution in [-0.2, 0) is 0 Å². The molecule has 1 rings (SSSR count). The summed E-state index contributed by atoms with van der Waals surface area (Å²) in [7, 11) is 1.83. The van der Waals surface area contributed by atoms with Crippen LogP contribution in [0.15, 0.2) is 18.2 Å². The Balaban J connectivity index is 3.17. The lowest BCUT2D eigenvalue weighted by molar-refractivity contribution is -0.384. The number of hydrogen-bond donors (Lipinski definition) is 1. The lowest BCUT2D eigenvalue weighted by Crippen LogP contribution is -2.19. The van der Waals surface area contributed by atoms with Crippen molar-refractivity contribution in [2.24, 2.45) is 0 Å². The fourth-order valence-corrected chi connectivity index (χ4v) is 1.73. The fourth-order valence-electron chi connectivity index (χ4n) is 1.73. The Labute approximate surface area is 101 Å². The maximum absolute atomic E-state index is 11.0. The van der Waals surface area contributed by atoms with Gasteiger partial charge >= 0.3 is 0 Å². The van der Waals surface area contributed by atoms with Crippen molar-refractivity contribution in [2.75, 3.05) is 18.5 Å². The monoisotopic (exact) mass is 238 g/mol. The topological polar surface area (TPSA) is 66.6 Å². The molecule has 1 atom stereocenters. The number of nitro benzene ring substituents is 1. The average Bonchev–Trinajstić information content (AvgIpc) is 2.28. The minimum Gasteiger partial charge on any atom is -0.389 e. The Kier molecular flexibility index (Phi) is 4.45. The first-order valence-corrected chi connectivity index (χ1v) is 5.65. The molecule has 0 bridgehead atoms. The van der Waals surface area contributed by atoms with Crippen LogP contribution in [-0.4, -0.2) is 23.6 Å². The zero-order chi connectivity index (χ0) is 13.0. The summed E-state index contributed by atoms with van der Waals surface area (Å²) in [5.41, 5.74) is 1.19. The molecule has 0 saturated carbocycles. The molecule has 0 aliphatic heterocycles. The minimum absolute atomic E-state index is 0.0411. The van der Waals surface area contributed by atoms with E-state index >= 15 is 0 Å². The highest BCUT2D eigenvalue weighted by Crippen LogP contribution is 2.30. The maximum Gasteiger partial charge on any atom is 0.292 e. The van der Waals surface area contributed by atoms with Crippen LogP contribution in [0.2, 0.25) is 0 Å². The van der Waals surface area contributed by atoms with Crippen molar-refractivity contribution in [3.8, 4) is 0 Å². The van der Waals surface area contributed by atoms with E-state index in [1.807, 2.05) is 18.9 Å². The van der Waals surface area contributed by atoms with E-state index in [0.717, 1.165) is 13.0 Å². The number of nitrogens with zero attached hydrogens (tertiary/aromatic N) is 2. The van der Waals surface area contributed by atoms with E-state index in [4.69, 9.17) is 0 Å². The molecule has 5 nitrogen and oxygen atoms in total. The first-order valence-electron chi connectivity index (χ1n) is 5.65. The van der Waals surface area contributed by atoms with Gasteiger partial charge in [-0.2, -0.15) is 0 Å². The van der Waals surface area contributed by atoms with Crippen LogP contribution in [0.5, 0.6) is 0 Å². The molecular weight excluding hydrogens is 220 g/mol. The minimum atomic E-state index is -0.695. The Morgan fingerprint density at radius 2 is 2.18 bits per heavy atom. The van der Waals surface area contributed by atoms with E-state index in [0.29, 0.717) is 11.3 Å². The maximum atomic E-state index is 11.0. The zero-order valence-corrected chi connectivity index (χ0v) is 10.4. The summed E-state index contributed by atoms with van der Waals surface area (Å²) in [6, 6.07) is 4.85. The van der Waals surface area contributed by atoms with E-state index < -0.39 is 11.0 Å². The predicted octanol–water partition coefficient (Wildman–Crippen LogP) is 2.49. The van der Waals surface area contributed by atoms with Crippen LogP contribution in [0.3, 0.4) is 0 Å². The molecule has 1 N–H and O–H groups in total. The molecule has 1 aromatic rings. The van der Waals surface area contributed by atoms with E-state index in [2.05, 4.69) is 0 Å². The summed E-state index contributed by atoms with van der Waals surface area (Å²) in [5.74, 6) is 0. The lowest BCUT2D eigenvalue weighted by Gasteiger charge is -2.19. The summed E-state index contributed by atoms with van der Waals surface area (Å²) in [6.45, 7) is 4.37. The summed E-state index contributed by atoms with van der Waals surface area (Å²) in [4.78, 5) is 12.4. The summed E-state index contributed by atoms with van der Waals surface area (Å²) in [6.07, 6.45) is 0.227. The number of benzene rings is 1.